The zero-order chi connectivity index (χ0) is 26.8. The molecule has 14 heteroatoms. The maximum Gasteiger partial charge on any atom is 0.300 e. The van der Waals surface area contributed by atoms with Crippen LogP contribution < -0.4 is 9.47 Å². The van der Waals surface area contributed by atoms with Crippen LogP contribution in [0.5, 0.6) is 11.5 Å². The largest absolute Gasteiger partial charge is 0.759 e. The number of nitro groups is 1. The number of carbonyl (C=O) groups is 1. The molecule has 0 unspecified atom stereocenters. The van der Waals surface area contributed by atoms with Crippen LogP contribution in [0.15, 0.2) is 47.5 Å². The molecular weight excluding hydrogens is 611 g/mol. The van der Waals surface area contributed by atoms with Crippen LogP contribution >= 0.6 is 0 Å². The van der Waals surface area contributed by atoms with Crippen molar-refractivity contribution >= 4 is 56.6 Å². The monoisotopic (exact) mass is 639 g/mol. The molecule has 0 saturated carbocycles. The number of ether oxygens (including phenoxy) is 2. The van der Waals surface area contributed by atoms with Crippen molar-refractivity contribution in [3.63, 3.8) is 0 Å². The number of hydrogen-bond donors (Lipinski definition) is 1. The normalized spacial score (nSPS) is 9.69. The van der Waals surface area contributed by atoms with Crippen LogP contribution in [0.2, 0.25) is 0 Å². The predicted molar refractivity (Wildman–Crippen MR) is 139 cm³/mol. The van der Waals surface area contributed by atoms with Crippen molar-refractivity contribution in [2.24, 2.45) is 4.99 Å². The number of benzene rings is 2. The molecule has 0 spiro atoms. The summed E-state index contributed by atoms with van der Waals surface area (Å²) in [6, 6.07) is 11.1. The second kappa shape index (κ2) is 21.1. The molecule has 10 nitrogen and oxygen atoms in total. The molecule has 0 aliphatic rings. The summed E-state index contributed by atoms with van der Waals surface area (Å²) in [5, 5.41) is 18.3. The quantitative estimate of drug-likeness (QED) is 0.130. The molecular formula is C21H29N2O8PdS3-. The average molecular weight is 640 g/mol. The molecule has 0 radical (unpaired) electrons. The Bertz CT molecular complexity index is 940. The van der Waals surface area contributed by atoms with Crippen LogP contribution in [0, 0.1) is 10.1 Å². The molecule has 0 amide bonds. The predicted octanol–water partition coefficient (Wildman–Crippen LogP) is 3.32. The molecule has 2 rings (SSSR count). The van der Waals surface area contributed by atoms with Crippen molar-refractivity contribution in [2.45, 2.75) is 6.92 Å². The van der Waals surface area contributed by atoms with Crippen LogP contribution in [0.1, 0.15) is 12.5 Å². The summed E-state index contributed by atoms with van der Waals surface area (Å²) in [5.41, 5.74) is 1.09. The van der Waals surface area contributed by atoms with E-state index in [1.165, 1.54) is 38.5 Å². The number of non-ortho nitro benzene ring substituents is 1. The van der Waals surface area contributed by atoms with E-state index in [0.29, 0.717) is 22.7 Å². The van der Waals surface area contributed by atoms with Gasteiger partial charge in [0.05, 0.1) is 30.4 Å². The van der Waals surface area contributed by atoms with Gasteiger partial charge in [-0.2, -0.15) is 0 Å². The van der Waals surface area contributed by atoms with Crippen LogP contribution in [0.25, 0.3) is 0 Å². The first-order valence-corrected chi connectivity index (χ1v) is 13.5. The van der Waals surface area contributed by atoms with E-state index in [1.54, 1.807) is 43.2 Å². The molecule has 0 fully saturated rings. The zero-order valence-corrected chi connectivity index (χ0v) is 24.3. The summed E-state index contributed by atoms with van der Waals surface area (Å²) in [5.74, 6) is 0.269. The van der Waals surface area contributed by atoms with Gasteiger partial charge in [0.2, 0.25) is 0 Å². The second-order valence-corrected chi connectivity index (χ2v) is 9.58. The fourth-order valence-electron chi connectivity index (χ4n) is 1.88. The Hall–Kier alpha value is -2.24. The molecule has 2 aromatic carbocycles. The van der Waals surface area contributed by atoms with E-state index >= 15 is 0 Å². The third kappa shape index (κ3) is 19.7. The molecule has 1 N–H and O–H groups in total. The number of carboxylic acids is 1. The number of methoxy groups -OCH3 is 2. The van der Waals surface area contributed by atoms with Gasteiger partial charge in [-0.1, -0.05) is 11.1 Å². The molecule has 0 bridgehead atoms. The maximum atomic E-state index is 10.6. The Morgan fingerprint density at radius 1 is 0.971 bits per heavy atom. The van der Waals surface area contributed by atoms with Gasteiger partial charge in [-0.05, 0) is 24.3 Å². The van der Waals surface area contributed by atoms with Gasteiger partial charge in [-0.25, -0.2) is 0 Å². The van der Waals surface area contributed by atoms with Crippen LogP contribution in [0.3, 0.4) is 0 Å². The molecule has 0 aromatic heterocycles. The molecule has 0 atom stereocenters. The van der Waals surface area contributed by atoms with Gasteiger partial charge >= 0.3 is 0 Å². The molecule has 35 heavy (non-hydrogen) atoms. The smallest absolute Gasteiger partial charge is 0.300 e. The standard InChI is InChI=1S/C15H14N2O4S.C2H4O2.2C2H6OS.Pd/c1-20-12-4-3-5-13(21-2)14(12)15(22)16-10-6-8-11(9-7-10)17(18)19;1-2(3)4;2*1-4(2)3;/h3-9H,1-2H3,(H,16,22);1H3,(H,3,4);2*1-2H3;/p-1. The minimum atomic E-state index is -0.833. The SMILES string of the molecule is CC(=O)O.COc1cccc(OC)c1C([S-])=Nc1ccc([N+](=O)[O-])cc1.CS(C)=O.CS(C)=O.[Pd]. The summed E-state index contributed by atoms with van der Waals surface area (Å²) in [6.45, 7) is 1.08. The van der Waals surface area contributed by atoms with E-state index in [2.05, 4.69) is 4.99 Å². The summed E-state index contributed by atoms with van der Waals surface area (Å²) >= 11 is 5.33. The van der Waals surface area contributed by atoms with Crippen molar-refractivity contribution in [3.05, 3.63) is 58.1 Å². The van der Waals surface area contributed by atoms with E-state index in [1.807, 2.05) is 0 Å². The third-order valence-electron chi connectivity index (χ3n) is 2.93. The van der Waals surface area contributed by atoms with E-state index in [0.717, 1.165) is 6.92 Å². The number of rotatable bonds is 5. The number of nitro benzene ring substituents is 1. The van der Waals surface area contributed by atoms with Gasteiger partial charge in [0.25, 0.3) is 11.7 Å². The van der Waals surface area contributed by atoms with Crippen LogP contribution in [0.4, 0.5) is 11.4 Å². The number of aliphatic carboxylic acids is 1. The topological polar surface area (TPSA) is 145 Å². The van der Waals surface area contributed by atoms with Crippen LogP contribution in [-0.4, -0.2) is 68.7 Å². The maximum absolute atomic E-state index is 10.6. The Kier molecular flexibility index (Phi) is 22.5. The molecule has 0 saturated heterocycles. The number of hydrogen-bond acceptors (Lipinski definition) is 9. The van der Waals surface area contributed by atoms with Gasteiger partial charge in [0.15, 0.2) is 0 Å². The zero-order valence-electron chi connectivity index (χ0n) is 20.3. The number of nitrogens with zero attached hydrogens (tertiary/aromatic N) is 2. The summed E-state index contributed by atoms with van der Waals surface area (Å²) in [7, 11) is 1.85. The Morgan fingerprint density at radius 3 is 1.60 bits per heavy atom. The van der Waals surface area contributed by atoms with Gasteiger partial charge in [-0.3, -0.25) is 28.3 Å². The fraction of sp³-hybridized carbons (Fsp3) is 0.333. The van der Waals surface area contributed by atoms with Gasteiger partial charge in [0.1, 0.15) is 11.5 Å². The van der Waals surface area contributed by atoms with Crippen molar-refractivity contribution in [1.82, 2.24) is 0 Å². The minimum Gasteiger partial charge on any atom is -0.759 e. The Balaban J connectivity index is -0.000000659. The minimum absolute atomic E-state index is 0. The Morgan fingerprint density at radius 2 is 1.31 bits per heavy atom. The van der Waals surface area contributed by atoms with Crippen molar-refractivity contribution < 1.29 is 53.1 Å². The third-order valence-corrected chi connectivity index (χ3v) is 3.23. The van der Waals surface area contributed by atoms with Gasteiger partial charge in [0, 0.05) is 86.1 Å². The number of carboxylic acid groups (broad SMARTS) is 1. The molecule has 0 aliphatic carbocycles. The first-order valence-electron chi connectivity index (χ1n) is 9.17. The van der Waals surface area contributed by atoms with Crippen molar-refractivity contribution in [2.75, 3.05) is 39.2 Å². The summed E-state index contributed by atoms with van der Waals surface area (Å²) in [4.78, 5) is 23.5. The molecule has 0 aliphatic heterocycles. The summed E-state index contributed by atoms with van der Waals surface area (Å²) < 4.78 is 29.7. The molecule has 2 aromatic rings. The van der Waals surface area contributed by atoms with E-state index in [9.17, 15) is 18.5 Å². The Labute approximate surface area is 229 Å². The molecule has 0 heterocycles. The van der Waals surface area contributed by atoms with Crippen LogP contribution in [-0.2, 0) is 59.4 Å². The van der Waals surface area contributed by atoms with Crippen molar-refractivity contribution in [3.8, 4) is 11.5 Å². The first-order chi connectivity index (χ1) is 15.8. The van der Waals surface area contributed by atoms with Gasteiger partial charge in [-0.15, -0.1) is 0 Å². The second-order valence-electron chi connectivity index (χ2n) is 6.23. The fourth-order valence-corrected chi connectivity index (χ4v) is 2.19. The number of aliphatic imine (C=N–C) groups is 1. The summed E-state index contributed by atoms with van der Waals surface area (Å²) in [6.07, 6.45) is 6.56. The van der Waals surface area contributed by atoms with E-state index < -0.39 is 32.5 Å². The van der Waals surface area contributed by atoms with Gasteiger partial charge < -0.3 is 27.2 Å². The van der Waals surface area contributed by atoms with E-state index in [4.69, 9.17) is 32.0 Å². The van der Waals surface area contributed by atoms with E-state index in [-0.39, 0.29) is 31.2 Å². The first kappa shape index (κ1) is 37.3. The average Bonchev–Trinajstić information content (AvgIpc) is 2.72. The molecule has 200 valence electrons. The van der Waals surface area contributed by atoms with Crippen molar-refractivity contribution in [1.29, 1.82) is 0 Å².